The van der Waals surface area contributed by atoms with E-state index in [1.54, 1.807) is 0 Å². The van der Waals surface area contributed by atoms with Crippen LogP contribution >= 0.6 is 0 Å². The van der Waals surface area contributed by atoms with Crippen LogP contribution in [0.4, 0.5) is 0 Å². The smallest absolute Gasteiger partial charge is 0.000101 e. The Balaban J connectivity index is 1.69. The van der Waals surface area contributed by atoms with E-state index in [1.165, 1.54) is 39.0 Å². The third kappa shape index (κ3) is 4.55. The minimum Gasteiger partial charge on any atom is -0.0688 e. The van der Waals surface area contributed by atoms with E-state index < -0.39 is 0 Å². The summed E-state index contributed by atoms with van der Waals surface area (Å²) in [6.07, 6.45) is 2.39. The Kier molecular flexibility index (Phi) is 5.72. The maximum atomic E-state index is 2.39. The molecule has 0 amide bonds. The summed E-state index contributed by atoms with van der Waals surface area (Å²) < 4.78 is 0. The zero-order valence-corrected chi connectivity index (χ0v) is 17.0. The molecule has 4 aromatic carbocycles. The van der Waals surface area contributed by atoms with Gasteiger partial charge in [-0.05, 0) is 46.2 Å². The van der Waals surface area contributed by atoms with Crippen LogP contribution in [0.3, 0.4) is 0 Å². The molecule has 0 saturated carbocycles. The fourth-order valence-corrected chi connectivity index (χ4v) is 3.75. The highest BCUT2D eigenvalue weighted by Gasteiger charge is 2.10. The maximum Gasteiger partial charge on any atom is -0.000101 e. The molecule has 0 N–H and O–H groups in total. The van der Waals surface area contributed by atoms with Crippen LogP contribution in [0.2, 0.25) is 0 Å². The number of hydrogen-bond donors (Lipinski definition) is 0. The van der Waals surface area contributed by atoms with Crippen molar-refractivity contribution in [1.29, 1.82) is 0 Å². The monoisotopic (exact) mass is 374 g/mol. The van der Waals surface area contributed by atoms with Crippen molar-refractivity contribution >= 4 is 5.57 Å². The highest BCUT2D eigenvalue weighted by molar-refractivity contribution is 5.80. The predicted octanol–water partition coefficient (Wildman–Crippen LogP) is 7.90. The first kappa shape index (κ1) is 19.0. The van der Waals surface area contributed by atoms with Gasteiger partial charge in [-0.25, -0.2) is 0 Å². The second-order valence-corrected chi connectivity index (χ2v) is 7.59. The standard InChI is InChI=1S/C29H26/c1-22-10-9-15-28(20-22)29(27-13-7-4-8-14-27)21-23(2)24-16-18-26(19-17-24)25-11-5-3-6-12-25/h3-21,23H,1-2H3/b29-21+. The number of rotatable bonds is 5. The van der Waals surface area contributed by atoms with Crippen LogP contribution in [-0.4, -0.2) is 0 Å². The number of hydrogen-bond acceptors (Lipinski definition) is 0. The summed E-state index contributed by atoms with van der Waals surface area (Å²) in [6, 6.07) is 38.9. The summed E-state index contributed by atoms with van der Waals surface area (Å²) >= 11 is 0. The number of allylic oxidation sites excluding steroid dienone is 1. The first-order valence-electron chi connectivity index (χ1n) is 10.2. The van der Waals surface area contributed by atoms with Gasteiger partial charge in [0.15, 0.2) is 0 Å². The van der Waals surface area contributed by atoms with E-state index in [2.05, 4.69) is 129 Å². The molecule has 4 rings (SSSR count). The molecular weight excluding hydrogens is 348 g/mol. The van der Waals surface area contributed by atoms with Crippen molar-refractivity contribution in [2.45, 2.75) is 19.8 Å². The van der Waals surface area contributed by atoms with Crippen molar-refractivity contribution in [2.24, 2.45) is 0 Å². The van der Waals surface area contributed by atoms with E-state index in [0.717, 1.165) is 0 Å². The van der Waals surface area contributed by atoms with Crippen LogP contribution in [0, 0.1) is 6.92 Å². The Morgan fingerprint density at radius 2 is 1.21 bits per heavy atom. The van der Waals surface area contributed by atoms with E-state index in [9.17, 15) is 0 Å². The molecule has 0 aromatic heterocycles. The van der Waals surface area contributed by atoms with Crippen molar-refractivity contribution in [1.82, 2.24) is 0 Å². The summed E-state index contributed by atoms with van der Waals surface area (Å²) in [5.74, 6) is 0.315. The summed E-state index contributed by atoms with van der Waals surface area (Å²) in [6.45, 7) is 4.42. The van der Waals surface area contributed by atoms with E-state index >= 15 is 0 Å². The molecule has 0 aliphatic rings. The predicted molar refractivity (Wildman–Crippen MR) is 125 cm³/mol. The lowest BCUT2D eigenvalue weighted by atomic mass is 9.90. The summed E-state index contributed by atoms with van der Waals surface area (Å²) in [5.41, 5.74) is 8.93. The zero-order valence-electron chi connectivity index (χ0n) is 17.0. The molecule has 0 spiro atoms. The van der Waals surface area contributed by atoms with Gasteiger partial charge in [0.1, 0.15) is 0 Å². The van der Waals surface area contributed by atoms with Crippen molar-refractivity contribution in [2.75, 3.05) is 0 Å². The lowest BCUT2D eigenvalue weighted by Gasteiger charge is -2.14. The largest absolute Gasteiger partial charge is 0.0688 e. The fourth-order valence-electron chi connectivity index (χ4n) is 3.75. The van der Waals surface area contributed by atoms with Crippen LogP contribution in [0.1, 0.15) is 35.1 Å². The zero-order chi connectivity index (χ0) is 20.1. The number of aryl methyl sites for hydroxylation is 1. The molecular formula is C29H26. The minimum absolute atomic E-state index is 0.315. The molecule has 0 nitrogen and oxygen atoms in total. The maximum absolute atomic E-state index is 2.39. The lowest BCUT2D eigenvalue weighted by molar-refractivity contribution is 0.969. The van der Waals surface area contributed by atoms with Crippen molar-refractivity contribution < 1.29 is 0 Å². The molecule has 0 radical (unpaired) electrons. The topological polar surface area (TPSA) is 0 Å². The molecule has 0 aliphatic heterocycles. The third-order valence-corrected chi connectivity index (χ3v) is 5.37. The second kappa shape index (κ2) is 8.75. The van der Waals surface area contributed by atoms with Crippen LogP contribution < -0.4 is 0 Å². The van der Waals surface area contributed by atoms with E-state index in [0.29, 0.717) is 5.92 Å². The highest BCUT2D eigenvalue weighted by atomic mass is 14.1. The Morgan fingerprint density at radius 1 is 0.621 bits per heavy atom. The average molecular weight is 375 g/mol. The minimum atomic E-state index is 0.315. The SMILES string of the molecule is Cc1cccc(/C(=C/C(C)c2ccc(-c3ccccc3)cc2)c2ccccc2)c1. The van der Waals surface area contributed by atoms with Gasteiger partial charge in [-0.15, -0.1) is 0 Å². The van der Waals surface area contributed by atoms with Gasteiger partial charge in [-0.1, -0.05) is 128 Å². The molecule has 0 aliphatic carbocycles. The molecule has 1 unspecified atom stereocenters. The van der Waals surface area contributed by atoms with E-state index in [4.69, 9.17) is 0 Å². The van der Waals surface area contributed by atoms with E-state index in [-0.39, 0.29) is 0 Å². The molecule has 0 heterocycles. The first-order chi connectivity index (χ1) is 14.2. The molecule has 1 atom stereocenters. The van der Waals surface area contributed by atoms with Gasteiger partial charge >= 0.3 is 0 Å². The van der Waals surface area contributed by atoms with Crippen molar-refractivity contribution in [3.05, 3.63) is 138 Å². The van der Waals surface area contributed by atoms with Crippen molar-refractivity contribution in [3.63, 3.8) is 0 Å². The van der Waals surface area contributed by atoms with E-state index in [1.807, 2.05) is 0 Å². The second-order valence-electron chi connectivity index (χ2n) is 7.59. The molecule has 4 aromatic rings. The summed E-state index contributed by atoms with van der Waals surface area (Å²) in [4.78, 5) is 0. The Labute approximate surface area is 174 Å². The Morgan fingerprint density at radius 3 is 1.86 bits per heavy atom. The fraction of sp³-hybridized carbons (Fsp3) is 0.103. The molecule has 0 bridgehead atoms. The van der Waals surface area contributed by atoms with Crippen molar-refractivity contribution in [3.8, 4) is 11.1 Å². The lowest BCUT2D eigenvalue weighted by Crippen LogP contribution is -1.95. The summed E-state index contributed by atoms with van der Waals surface area (Å²) in [7, 11) is 0. The Hall–Kier alpha value is -3.38. The van der Waals surface area contributed by atoms with Crippen LogP contribution in [0.15, 0.2) is 115 Å². The number of benzene rings is 4. The van der Waals surface area contributed by atoms with Crippen LogP contribution in [0.25, 0.3) is 16.7 Å². The quantitative estimate of drug-likeness (QED) is 0.333. The van der Waals surface area contributed by atoms with Gasteiger partial charge in [-0.3, -0.25) is 0 Å². The average Bonchev–Trinajstić information content (AvgIpc) is 2.78. The third-order valence-electron chi connectivity index (χ3n) is 5.37. The molecule has 0 fully saturated rings. The molecule has 29 heavy (non-hydrogen) atoms. The Bertz CT molecular complexity index is 1090. The first-order valence-corrected chi connectivity index (χ1v) is 10.2. The van der Waals surface area contributed by atoms with Gasteiger partial charge in [0.05, 0.1) is 0 Å². The van der Waals surface area contributed by atoms with Gasteiger partial charge < -0.3 is 0 Å². The van der Waals surface area contributed by atoms with Crippen LogP contribution in [-0.2, 0) is 0 Å². The van der Waals surface area contributed by atoms with Gasteiger partial charge in [-0.2, -0.15) is 0 Å². The van der Waals surface area contributed by atoms with Crippen LogP contribution in [0.5, 0.6) is 0 Å². The van der Waals surface area contributed by atoms with Gasteiger partial charge in [0.25, 0.3) is 0 Å². The van der Waals surface area contributed by atoms with Gasteiger partial charge in [0.2, 0.25) is 0 Å². The van der Waals surface area contributed by atoms with Gasteiger partial charge in [0, 0.05) is 0 Å². The molecule has 0 heteroatoms. The molecule has 142 valence electrons. The highest BCUT2D eigenvalue weighted by Crippen LogP contribution is 2.30. The normalized spacial score (nSPS) is 12.6. The summed E-state index contributed by atoms with van der Waals surface area (Å²) in [5, 5.41) is 0. The molecule has 0 saturated heterocycles.